The fourth-order valence-corrected chi connectivity index (χ4v) is 2.71. The van der Waals surface area contributed by atoms with Crippen molar-refractivity contribution in [2.45, 2.75) is 52.1 Å². The summed E-state index contributed by atoms with van der Waals surface area (Å²) in [6.45, 7) is 4.62. The van der Waals surface area contributed by atoms with E-state index in [9.17, 15) is 5.11 Å². The molecule has 2 nitrogen and oxygen atoms in total. The molecule has 0 aromatic heterocycles. The molecule has 0 radical (unpaired) electrons. The Hall–Kier alpha value is -0.0800. The van der Waals surface area contributed by atoms with Crippen molar-refractivity contribution in [1.82, 2.24) is 0 Å². The van der Waals surface area contributed by atoms with Crippen LogP contribution >= 0.6 is 0 Å². The third kappa shape index (κ3) is 2.71. The number of hydrogen-bond donors (Lipinski definition) is 2. The summed E-state index contributed by atoms with van der Waals surface area (Å²) in [5.74, 6) is 1.35. The number of rotatable bonds is 5. The van der Waals surface area contributed by atoms with E-state index in [1.54, 1.807) is 0 Å². The monoisotopic (exact) mass is 200 g/mol. The molecule has 0 amide bonds. The molecule has 84 valence electrons. The third-order valence-electron chi connectivity index (χ3n) is 3.87. The molecule has 1 fully saturated rings. The van der Waals surface area contributed by atoms with E-state index in [4.69, 9.17) is 5.11 Å². The average Bonchev–Trinajstić information content (AvgIpc) is 2.56. The highest BCUT2D eigenvalue weighted by Crippen LogP contribution is 2.39. The molecular weight excluding hydrogens is 176 g/mol. The van der Waals surface area contributed by atoms with Gasteiger partial charge in [0.15, 0.2) is 0 Å². The molecule has 1 saturated carbocycles. The van der Waals surface area contributed by atoms with Crippen LogP contribution in [0.5, 0.6) is 0 Å². The second-order valence-corrected chi connectivity index (χ2v) is 4.75. The second-order valence-electron chi connectivity index (χ2n) is 4.75. The van der Waals surface area contributed by atoms with Crippen LogP contribution in [0.1, 0.15) is 46.0 Å². The fraction of sp³-hybridized carbons (Fsp3) is 1.00. The SMILES string of the molecule is CCCCC(O)[C@@H]1CCC(CO)[C@@H]1C. The van der Waals surface area contributed by atoms with Crippen molar-refractivity contribution in [1.29, 1.82) is 0 Å². The van der Waals surface area contributed by atoms with Gasteiger partial charge in [-0.3, -0.25) is 0 Å². The van der Waals surface area contributed by atoms with Gasteiger partial charge >= 0.3 is 0 Å². The minimum Gasteiger partial charge on any atom is -0.396 e. The first-order valence-corrected chi connectivity index (χ1v) is 5.99. The Bertz CT molecular complexity index is 158. The number of aliphatic hydroxyl groups excluding tert-OH is 2. The topological polar surface area (TPSA) is 40.5 Å². The number of hydrogen-bond acceptors (Lipinski definition) is 2. The Labute approximate surface area is 87.3 Å². The average molecular weight is 200 g/mol. The van der Waals surface area contributed by atoms with Crippen molar-refractivity contribution < 1.29 is 10.2 Å². The quantitative estimate of drug-likeness (QED) is 0.714. The molecule has 0 bridgehead atoms. The van der Waals surface area contributed by atoms with Crippen LogP contribution in [0.15, 0.2) is 0 Å². The standard InChI is InChI=1S/C12H24O2/c1-3-4-5-12(14)11-7-6-10(8-13)9(11)2/h9-14H,3-8H2,1-2H3/t9-,10?,11+,12?/m0/s1. The first-order chi connectivity index (χ1) is 6.70. The highest BCUT2D eigenvalue weighted by molar-refractivity contribution is 4.85. The van der Waals surface area contributed by atoms with Crippen molar-refractivity contribution >= 4 is 0 Å². The smallest absolute Gasteiger partial charge is 0.0571 e. The van der Waals surface area contributed by atoms with E-state index in [1.807, 2.05) is 0 Å². The van der Waals surface area contributed by atoms with Gasteiger partial charge < -0.3 is 10.2 Å². The highest BCUT2D eigenvalue weighted by atomic mass is 16.3. The summed E-state index contributed by atoms with van der Waals surface area (Å²) in [4.78, 5) is 0. The van der Waals surface area contributed by atoms with Gasteiger partial charge in [0.05, 0.1) is 6.10 Å². The molecule has 2 N–H and O–H groups in total. The van der Waals surface area contributed by atoms with E-state index in [2.05, 4.69) is 13.8 Å². The van der Waals surface area contributed by atoms with E-state index in [-0.39, 0.29) is 12.7 Å². The lowest BCUT2D eigenvalue weighted by molar-refractivity contribution is 0.0671. The van der Waals surface area contributed by atoms with Gasteiger partial charge in [0.25, 0.3) is 0 Å². The Balaban J connectivity index is 2.37. The van der Waals surface area contributed by atoms with Crippen LogP contribution in [0.25, 0.3) is 0 Å². The molecule has 14 heavy (non-hydrogen) atoms. The van der Waals surface area contributed by atoms with Gasteiger partial charge in [-0.15, -0.1) is 0 Å². The third-order valence-corrected chi connectivity index (χ3v) is 3.87. The summed E-state index contributed by atoms with van der Waals surface area (Å²) in [6, 6.07) is 0. The fourth-order valence-electron chi connectivity index (χ4n) is 2.71. The minimum absolute atomic E-state index is 0.138. The molecule has 2 heteroatoms. The van der Waals surface area contributed by atoms with Crippen LogP contribution in [0.3, 0.4) is 0 Å². The zero-order chi connectivity index (χ0) is 10.6. The van der Waals surface area contributed by atoms with Gasteiger partial charge in [-0.2, -0.15) is 0 Å². The van der Waals surface area contributed by atoms with Crippen molar-refractivity contribution in [3.63, 3.8) is 0 Å². The zero-order valence-electron chi connectivity index (χ0n) is 9.45. The van der Waals surface area contributed by atoms with Gasteiger partial charge in [0.2, 0.25) is 0 Å². The molecule has 2 unspecified atom stereocenters. The van der Waals surface area contributed by atoms with Gasteiger partial charge in [0, 0.05) is 6.61 Å². The van der Waals surface area contributed by atoms with Crippen LogP contribution in [0.4, 0.5) is 0 Å². The molecule has 0 aromatic rings. The van der Waals surface area contributed by atoms with E-state index in [0.29, 0.717) is 17.8 Å². The number of aliphatic hydroxyl groups is 2. The molecule has 0 heterocycles. The Morgan fingerprint density at radius 1 is 1.36 bits per heavy atom. The van der Waals surface area contributed by atoms with Crippen molar-refractivity contribution in [2.75, 3.05) is 6.61 Å². The van der Waals surface area contributed by atoms with Crippen LogP contribution in [-0.4, -0.2) is 22.9 Å². The maximum absolute atomic E-state index is 9.98. The Kier molecular flexibility index (Phi) is 4.90. The van der Waals surface area contributed by atoms with Crippen LogP contribution in [-0.2, 0) is 0 Å². The summed E-state index contributed by atoms with van der Waals surface area (Å²) >= 11 is 0. The molecule has 0 aliphatic heterocycles. The lowest BCUT2D eigenvalue weighted by atomic mass is 9.86. The van der Waals surface area contributed by atoms with Crippen molar-refractivity contribution in [3.05, 3.63) is 0 Å². The van der Waals surface area contributed by atoms with Crippen LogP contribution < -0.4 is 0 Å². The second kappa shape index (κ2) is 5.72. The molecule has 1 aliphatic rings. The van der Waals surface area contributed by atoms with Gasteiger partial charge in [0.1, 0.15) is 0 Å². The largest absolute Gasteiger partial charge is 0.396 e. The van der Waals surface area contributed by atoms with Crippen LogP contribution in [0, 0.1) is 17.8 Å². The summed E-state index contributed by atoms with van der Waals surface area (Å²) < 4.78 is 0. The summed E-state index contributed by atoms with van der Waals surface area (Å²) in [5, 5.41) is 19.1. The van der Waals surface area contributed by atoms with Crippen molar-refractivity contribution in [3.8, 4) is 0 Å². The molecular formula is C12H24O2. The lowest BCUT2D eigenvalue weighted by Gasteiger charge is -2.24. The highest BCUT2D eigenvalue weighted by Gasteiger charge is 2.35. The maximum atomic E-state index is 9.98. The van der Waals surface area contributed by atoms with Crippen molar-refractivity contribution in [2.24, 2.45) is 17.8 Å². The van der Waals surface area contributed by atoms with E-state index >= 15 is 0 Å². The van der Waals surface area contributed by atoms with Crippen LogP contribution in [0.2, 0.25) is 0 Å². The molecule has 1 rings (SSSR count). The first kappa shape index (κ1) is 12.0. The van der Waals surface area contributed by atoms with Gasteiger partial charge in [-0.25, -0.2) is 0 Å². The molecule has 0 aromatic carbocycles. The van der Waals surface area contributed by atoms with Gasteiger partial charge in [-0.05, 0) is 37.0 Å². The molecule has 1 aliphatic carbocycles. The van der Waals surface area contributed by atoms with E-state index < -0.39 is 0 Å². The molecule has 0 saturated heterocycles. The summed E-state index contributed by atoms with van der Waals surface area (Å²) in [6.07, 6.45) is 5.25. The normalized spacial score (nSPS) is 34.7. The summed E-state index contributed by atoms with van der Waals surface area (Å²) in [7, 11) is 0. The predicted molar refractivity (Wildman–Crippen MR) is 58.0 cm³/mol. The lowest BCUT2D eigenvalue weighted by Crippen LogP contribution is -2.25. The van der Waals surface area contributed by atoms with E-state index in [0.717, 1.165) is 32.1 Å². The zero-order valence-corrected chi connectivity index (χ0v) is 9.45. The number of unbranched alkanes of at least 4 members (excludes halogenated alkanes) is 1. The van der Waals surface area contributed by atoms with E-state index in [1.165, 1.54) is 0 Å². The summed E-state index contributed by atoms with van der Waals surface area (Å²) in [5.41, 5.74) is 0. The molecule has 0 spiro atoms. The predicted octanol–water partition coefficient (Wildman–Crippen LogP) is 2.19. The Morgan fingerprint density at radius 2 is 2.07 bits per heavy atom. The first-order valence-electron chi connectivity index (χ1n) is 5.99. The molecule has 4 atom stereocenters. The minimum atomic E-state index is -0.138. The Morgan fingerprint density at radius 3 is 2.57 bits per heavy atom. The van der Waals surface area contributed by atoms with Gasteiger partial charge in [-0.1, -0.05) is 26.7 Å². The maximum Gasteiger partial charge on any atom is 0.0571 e.